The van der Waals surface area contributed by atoms with E-state index in [0.717, 1.165) is 0 Å². The van der Waals surface area contributed by atoms with E-state index in [4.69, 9.17) is 135 Å². The van der Waals surface area contributed by atoms with Crippen molar-refractivity contribution in [2.45, 2.75) is 323 Å². The second kappa shape index (κ2) is 29.8. The third kappa shape index (κ3) is 16.7. The minimum Gasteiger partial charge on any atom is -0.393 e. The van der Waals surface area contributed by atoms with Crippen LogP contribution in [0.5, 0.6) is 0 Å². The molecule has 0 spiro atoms. The number of rotatable bonds is 16. The van der Waals surface area contributed by atoms with Crippen molar-refractivity contribution in [1.82, 2.24) is 0 Å². The number of fused-ring (bicyclic) bond motifs is 6. The highest BCUT2D eigenvalue weighted by Crippen LogP contribution is 2.50. The van der Waals surface area contributed by atoms with Crippen LogP contribution >= 0.6 is 12.2 Å². The maximum absolute atomic E-state index is 11.4. The van der Waals surface area contributed by atoms with Gasteiger partial charge in [-0.05, 0) is 144 Å². The monoisotopic (exact) mass is 1380 g/mol. The molecule has 26 nitrogen and oxygen atoms in total. The molecule has 2 N–H and O–H groups in total. The maximum atomic E-state index is 11.4. The summed E-state index contributed by atoms with van der Waals surface area (Å²) in [4.78, 5) is 11.4. The van der Waals surface area contributed by atoms with E-state index < -0.39 is 116 Å². The second-order valence-corrected chi connectivity index (χ2v) is 29.6. The van der Waals surface area contributed by atoms with Crippen molar-refractivity contribution in [2.75, 3.05) is 81.6 Å². The highest BCUT2D eigenvalue weighted by molar-refractivity contribution is 7.78. The first-order valence-electron chi connectivity index (χ1n) is 37.8. The first-order valence-corrected chi connectivity index (χ1v) is 32.5. The number of hydrogen-bond acceptors (Lipinski definition) is 27. The summed E-state index contributed by atoms with van der Waals surface area (Å²) in [6, 6.07) is 0. The van der Waals surface area contributed by atoms with Gasteiger partial charge in [0.1, 0.15) is 101 Å². The lowest BCUT2D eigenvalue weighted by molar-refractivity contribution is -0.222. The molecule has 0 aliphatic carbocycles. The number of carbonyl (C=O) groups excluding carboxylic acids is 1. The topological polar surface area (TPSA) is 270 Å². The molecule has 17 unspecified atom stereocenters. The summed E-state index contributed by atoms with van der Waals surface area (Å²) in [6.45, 7) is 40.7. The maximum Gasteiger partial charge on any atom is 0.175 e. The number of ether oxygens (including phenoxy) is 23. The third-order valence-corrected chi connectivity index (χ3v) is 18.7. The molecule has 0 aromatic rings. The molecular weight excluding hydrogens is 1250 g/mol. The van der Waals surface area contributed by atoms with Crippen LogP contribution in [0.25, 0.3) is 0 Å². The van der Waals surface area contributed by atoms with Gasteiger partial charge in [-0.2, -0.15) is 0 Å². The smallest absolute Gasteiger partial charge is 0.175 e. The predicted octanol–water partition coefficient (Wildman–Crippen LogP) is 6.02. The lowest BCUT2D eigenvalue weighted by Gasteiger charge is -2.33. The number of hydrogen-bond donors (Lipinski definition) is 2. The second-order valence-electron chi connectivity index (χ2n) is 29.3. The minimum atomic E-state index is -1.46. The van der Waals surface area contributed by atoms with E-state index >= 15 is 0 Å². The summed E-state index contributed by atoms with van der Waals surface area (Å²) < 4.78 is 200. The molecule has 546 valence electrons. The van der Waals surface area contributed by atoms with E-state index in [1.165, 1.54) is 0 Å². The first-order chi connectivity index (χ1) is 47.8. The Bertz CT molecular complexity index is 2750. The fourth-order valence-corrected chi connectivity index (χ4v) is 15.0. The van der Waals surface area contributed by atoms with Crippen LogP contribution in [0.1, 0.15) is 159 Å². The SMILES string of the molecule is CC1OC(C)(CO)[C@@H]2OC(C)(C)O[C@H]12.[2H]C([3H])OCC1(C)OC(C)[C@H]2OC(C)(C)O[C@H]21.[2H]C([3H])OCC1(C=C)OC(C)[C@H]2OC(C)(C)O[C@H]21.[2H]C([3H])OCC1(C=O)OC(C)[C@H]2OC(C)(C)O[C@H]21.[2H]C([3H])OCC1(CC=S)OC(C)[C@H]2OC(C)(C)O[C@H]21.[2H]C([3H])OCC1(CO)OC(C)[C@H]2OC(C)(C)O[C@H]21. The lowest BCUT2D eigenvalue weighted by Crippen LogP contribution is -2.50. The molecule has 29 atom stereocenters. The zero-order valence-electron chi connectivity index (χ0n) is 68.5. The molecule has 0 amide bonds. The van der Waals surface area contributed by atoms with Crippen LogP contribution in [0.4, 0.5) is 0 Å². The Morgan fingerprint density at radius 3 is 1.10 bits per heavy atom. The van der Waals surface area contributed by atoms with Gasteiger partial charge in [-0.15, -0.1) is 6.58 Å². The van der Waals surface area contributed by atoms with Gasteiger partial charge in [-0.25, -0.2) is 0 Å². The Kier molecular flexibility index (Phi) is 20.9. The summed E-state index contributed by atoms with van der Waals surface area (Å²) in [5, 5.41) is 20.5. The van der Waals surface area contributed by atoms with Crippen LogP contribution in [0.3, 0.4) is 0 Å². The first kappa shape index (κ1) is 65.8. The van der Waals surface area contributed by atoms with Crippen molar-refractivity contribution in [3.8, 4) is 0 Å². The van der Waals surface area contributed by atoms with Crippen LogP contribution in [0.2, 0.25) is 0 Å². The molecule has 0 radical (unpaired) electrons. The average molecular weight is 1380 g/mol. The van der Waals surface area contributed by atoms with E-state index in [-0.39, 0.29) is 144 Å². The Morgan fingerprint density at radius 2 is 0.691 bits per heavy atom. The van der Waals surface area contributed by atoms with Crippen LogP contribution < -0.4 is 0 Å². The van der Waals surface area contributed by atoms with Gasteiger partial charge in [0.25, 0.3) is 0 Å². The molecule has 94 heavy (non-hydrogen) atoms. The summed E-state index contributed by atoms with van der Waals surface area (Å²) in [5.74, 6) is -4.01. The average Bonchev–Trinajstić information content (AvgIpc) is 1.61. The van der Waals surface area contributed by atoms with E-state index in [0.29, 0.717) is 12.7 Å². The molecule has 0 aromatic carbocycles. The van der Waals surface area contributed by atoms with Gasteiger partial charge >= 0.3 is 0 Å². The number of aliphatic hydroxyl groups excluding tert-OH is 2. The molecular formula is C67H116O26S. The molecule has 0 saturated carbocycles. The van der Waals surface area contributed by atoms with E-state index in [9.17, 15) is 15.0 Å². The molecule has 12 aliphatic heterocycles. The Hall–Kier alpha value is -1.50. The van der Waals surface area contributed by atoms with Crippen molar-refractivity contribution in [3.63, 3.8) is 0 Å². The Balaban J connectivity index is 0.000000175. The van der Waals surface area contributed by atoms with Crippen LogP contribution in [-0.2, 0) is 114 Å². The lowest BCUT2D eigenvalue weighted by atomic mass is 9.93. The minimum absolute atomic E-state index is 0.0288. The normalized spacial score (nSPS) is 49.6. The highest BCUT2D eigenvalue weighted by atomic mass is 32.1. The molecule has 27 heteroatoms. The highest BCUT2D eigenvalue weighted by Gasteiger charge is 2.66. The number of aliphatic hydroxyl groups is 2. The summed E-state index contributed by atoms with van der Waals surface area (Å²) in [6.07, 6.45) is -1.41. The van der Waals surface area contributed by atoms with Crippen molar-refractivity contribution in [1.29, 1.82) is 0 Å². The van der Waals surface area contributed by atoms with E-state index in [2.05, 4.69) is 6.58 Å². The molecule has 0 bridgehead atoms. The van der Waals surface area contributed by atoms with Crippen molar-refractivity contribution in [2.24, 2.45) is 0 Å². The van der Waals surface area contributed by atoms with Gasteiger partial charge in [0.2, 0.25) is 0 Å². The molecule has 12 aliphatic rings. The van der Waals surface area contributed by atoms with Crippen LogP contribution in [0.15, 0.2) is 12.7 Å². The summed E-state index contributed by atoms with van der Waals surface area (Å²) in [7, 11) is -6.89. The van der Waals surface area contributed by atoms with Gasteiger partial charge in [0.15, 0.2) is 46.6 Å². The Morgan fingerprint density at radius 1 is 0.394 bits per heavy atom. The third-order valence-electron chi connectivity index (χ3n) is 18.5. The van der Waals surface area contributed by atoms with Gasteiger partial charge in [-0.3, -0.25) is 4.79 Å². The quantitative estimate of drug-likeness (QED) is 0.102. The van der Waals surface area contributed by atoms with Gasteiger partial charge in [0, 0.05) is 41.7 Å². The largest absolute Gasteiger partial charge is 0.393 e. The van der Waals surface area contributed by atoms with E-state index in [1.807, 2.05) is 104 Å². The van der Waals surface area contributed by atoms with Gasteiger partial charge in [-0.1, -0.05) is 18.3 Å². The van der Waals surface area contributed by atoms with Gasteiger partial charge in [0.05, 0.1) is 96.6 Å². The molecule has 12 saturated heterocycles. The number of carbonyl (C=O) groups is 1. The zero-order chi connectivity index (χ0) is 78.3. The molecule has 12 heterocycles. The predicted molar refractivity (Wildman–Crippen MR) is 342 cm³/mol. The van der Waals surface area contributed by atoms with E-state index in [1.54, 1.807) is 46.1 Å². The standard InChI is InChI=1S/C12H20O4S.C12H20O4.C11H20O5.C11H18O5.C11H20O4.C10H18O4/c1-8-9-10(16-11(2,3)15-9)12(14-8,5-6-17)7-13-4;1-6-12(7-13-5)10-9(8(2)14-12)15-11(3,4)16-10;2*1-7-8-9(16-10(2,3)15-8)11(5-12,14-7)6-13-4;1-7-8-9(15-10(2,3)14-8)11(4,13-7)6-12-5;1-6-7-8(10(4,5-11)12-6)14-9(2,3)13-7/h6,8-10H,5,7H2,1-4H3;6,8-10H,1,7H2,2-5H3;7-9,12H,5-6H2,1-4H3;5,7-9H,6H2,1-4H3;7-9H,6H2,1-5H3;6-8,11H,5H2,1-4H3/t2*8?,9-,10-,12?;3*7?,8-,9-,11?;6?,7-,8-,10?/m111111/s1/i4TD;5TD;2*4TD;5TD;/t4?,8?,9-,10-,12?;5?,8?,9-,10-,12?;2*4?,7?,8-,9-,11?;5?,7?,8-,9-,11?;. The molecule has 12 rings (SSSR count). The fraction of sp³-hybridized carbons (Fsp3) is 0.940. The van der Waals surface area contributed by atoms with Crippen molar-refractivity contribution >= 4 is 23.9 Å². The van der Waals surface area contributed by atoms with Crippen LogP contribution in [0, 0.1) is 0 Å². The van der Waals surface area contributed by atoms with Crippen LogP contribution in [-0.4, -0.2) is 282 Å². The molecule has 0 aromatic heterocycles. The van der Waals surface area contributed by atoms with Gasteiger partial charge < -0.3 is 119 Å². The number of methoxy groups -OCH3 is 5. The molecule has 12 fully saturated rings. The fourth-order valence-electron chi connectivity index (χ4n) is 14.7. The van der Waals surface area contributed by atoms with Crippen molar-refractivity contribution < 1.29 is 138 Å². The van der Waals surface area contributed by atoms with Crippen molar-refractivity contribution in [3.05, 3.63) is 12.7 Å². The Labute approximate surface area is 577 Å². The summed E-state index contributed by atoms with van der Waals surface area (Å²) in [5.41, 5.74) is -5.25. The zero-order valence-corrected chi connectivity index (χ0v) is 59.3. The number of thiocarbonyl (C=S) groups is 1. The summed E-state index contributed by atoms with van der Waals surface area (Å²) >= 11 is 4.95. The number of aldehydes is 1.